The Bertz CT molecular complexity index is 694. The maximum absolute atomic E-state index is 14.0. The smallest absolute Gasteiger partial charge is 0.135 e. The molecule has 21 heavy (non-hydrogen) atoms. The van der Waals surface area contributed by atoms with Crippen LogP contribution < -0.4 is 5.73 Å². The zero-order chi connectivity index (χ0) is 15.4. The van der Waals surface area contributed by atoms with Crippen molar-refractivity contribution in [1.82, 2.24) is 9.55 Å². The number of aromatic nitrogens is 2. The van der Waals surface area contributed by atoms with Crippen molar-refractivity contribution in [2.75, 3.05) is 5.73 Å². The maximum atomic E-state index is 14.0. The van der Waals surface area contributed by atoms with E-state index in [0.717, 1.165) is 24.7 Å². The number of anilines is 1. The molecule has 0 saturated heterocycles. The summed E-state index contributed by atoms with van der Waals surface area (Å²) in [6.45, 7) is 6.13. The normalized spacial score (nSPS) is 15.5. The average Bonchev–Trinajstić information content (AvgIpc) is 3.13. The first-order valence-corrected chi connectivity index (χ1v) is 7.13. The van der Waals surface area contributed by atoms with Crippen molar-refractivity contribution in [3.8, 4) is 11.3 Å². The number of hydrogen-bond acceptors (Lipinski definition) is 2. The van der Waals surface area contributed by atoms with Crippen molar-refractivity contribution in [3.63, 3.8) is 0 Å². The molecule has 1 aromatic carbocycles. The van der Waals surface area contributed by atoms with Crippen molar-refractivity contribution < 1.29 is 8.78 Å². The predicted molar refractivity (Wildman–Crippen MR) is 79.0 cm³/mol. The molecule has 0 atom stereocenters. The van der Waals surface area contributed by atoms with Gasteiger partial charge in [0.25, 0.3) is 0 Å². The van der Waals surface area contributed by atoms with E-state index in [1.807, 2.05) is 25.3 Å². The number of hydrogen-bond donors (Lipinski definition) is 1. The molecule has 1 aliphatic carbocycles. The van der Waals surface area contributed by atoms with Gasteiger partial charge in [0.1, 0.15) is 29.0 Å². The summed E-state index contributed by atoms with van der Waals surface area (Å²) >= 11 is 0. The minimum Gasteiger partial charge on any atom is -0.383 e. The van der Waals surface area contributed by atoms with Crippen LogP contribution in [-0.4, -0.2) is 9.55 Å². The highest BCUT2D eigenvalue weighted by atomic mass is 19.1. The van der Waals surface area contributed by atoms with E-state index in [-0.39, 0.29) is 11.1 Å². The number of nitrogen functional groups attached to an aromatic ring is 1. The molecular weight excluding hydrogens is 272 g/mol. The molecule has 0 aliphatic heterocycles. The number of nitrogens with zero attached hydrogens (tertiary/aromatic N) is 2. The second-order valence-corrected chi connectivity index (χ2v) is 6.61. The second-order valence-electron chi connectivity index (χ2n) is 6.61. The number of imidazole rings is 1. The van der Waals surface area contributed by atoms with Crippen molar-refractivity contribution in [1.29, 1.82) is 0 Å². The van der Waals surface area contributed by atoms with Crippen LogP contribution in [0, 0.1) is 11.6 Å². The minimum absolute atomic E-state index is 0.232. The number of benzene rings is 1. The first kappa shape index (κ1) is 14.0. The molecule has 0 unspecified atom stereocenters. The predicted octanol–water partition coefficient (Wildman–Crippen LogP) is 4.04. The Kier molecular flexibility index (Phi) is 3.04. The highest BCUT2D eigenvalue weighted by Crippen LogP contribution is 2.44. The second kappa shape index (κ2) is 4.55. The largest absolute Gasteiger partial charge is 0.383 e. The van der Waals surface area contributed by atoms with Crippen LogP contribution in [0.1, 0.15) is 45.4 Å². The summed E-state index contributed by atoms with van der Waals surface area (Å²) in [6.07, 6.45) is 2.16. The molecule has 0 radical (unpaired) electrons. The first-order valence-electron chi connectivity index (χ1n) is 7.13. The van der Waals surface area contributed by atoms with Gasteiger partial charge in [0.05, 0.1) is 0 Å². The molecule has 1 heterocycles. The summed E-state index contributed by atoms with van der Waals surface area (Å²) in [5.41, 5.74) is 6.66. The van der Waals surface area contributed by atoms with E-state index in [0.29, 0.717) is 17.4 Å². The lowest BCUT2D eigenvalue weighted by atomic mass is 10.1. The Balaban J connectivity index is 2.20. The molecule has 0 spiro atoms. The van der Waals surface area contributed by atoms with E-state index < -0.39 is 11.6 Å². The van der Waals surface area contributed by atoms with E-state index >= 15 is 0 Å². The van der Waals surface area contributed by atoms with Crippen LogP contribution in [0.2, 0.25) is 0 Å². The average molecular weight is 291 g/mol. The topological polar surface area (TPSA) is 43.8 Å². The minimum atomic E-state index is -0.636. The zero-order valence-electron chi connectivity index (χ0n) is 12.5. The lowest BCUT2D eigenvalue weighted by molar-refractivity contribution is 0.388. The highest BCUT2D eigenvalue weighted by molar-refractivity contribution is 5.72. The quantitative estimate of drug-likeness (QED) is 0.907. The Morgan fingerprint density at radius 3 is 2.43 bits per heavy atom. The maximum Gasteiger partial charge on any atom is 0.135 e. The lowest BCUT2D eigenvalue weighted by Gasteiger charge is -2.25. The molecule has 2 N–H and O–H groups in total. The molecule has 0 bridgehead atoms. The Labute approximate surface area is 122 Å². The standard InChI is InChI=1S/C16H19F2N3/c1-16(2,3)21-14(19)13(20-15(21)9-4-5-9)11-7-6-10(17)8-12(11)18/h6-9H,4-5,19H2,1-3H3. The highest BCUT2D eigenvalue weighted by Gasteiger charge is 2.34. The molecule has 1 aliphatic rings. The summed E-state index contributed by atoms with van der Waals surface area (Å²) < 4.78 is 29.1. The van der Waals surface area contributed by atoms with E-state index in [1.165, 1.54) is 12.1 Å². The summed E-state index contributed by atoms with van der Waals surface area (Å²) in [5.74, 6) is 0.493. The molecule has 5 heteroatoms. The monoisotopic (exact) mass is 291 g/mol. The van der Waals surface area contributed by atoms with E-state index in [1.54, 1.807) is 0 Å². The van der Waals surface area contributed by atoms with Gasteiger partial charge in [0, 0.05) is 23.1 Å². The Morgan fingerprint density at radius 1 is 1.24 bits per heavy atom. The summed E-state index contributed by atoms with van der Waals surface area (Å²) in [7, 11) is 0. The van der Waals surface area contributed by atoms with Crippen LogP contribution in [0.4, 0.5) is 14.6 Å². The zero-order valence-corrected chi connectivity index (χ0v) is 12.5. The summed E-state index contributed by atoms with van der Waals surface area (Å²) in [6, 6.07) is 3.49. The van der Waals surface area contributed by atoms with Gasteiger partial charge in [-0.05, 0) is 45.7 Å². The fraction of sp³-hybridized carbons (Fsp3) is 0.438. The summed E-state index contributed by atoms with van der Waals surface area (Å²) in [4.78, 5) is 4.57. The molecule has 1 aromatic heterocycles. The van der Waals surface area contributed by atoms with Crippen molar-refractivity contribution >= 4 is 5.82 Å². The van der Waals surface area contributed by atoms with E-state index in [2.05, 4.69) is 4.98 Å². The third-order valence-corrected chi connectivity index (χ3v) is 3.74. The molecule has 3 nitrogen and oxygen atoms in total. The first-order chi connectivity index (χ1) is 9.79. The molecule has 1 saturated carbocycles. The van der Waals surface area contributed by atoms with Gasteiger partial charge in [-0.3, -0.25) is 0 Å². The van der Waals surface area contributed by atoms with Gasteiger partial charge in [-0.2, -0.15) is 0 Å². The van der Waals surface area contributed by atoms with Gasteiger partial charge in [-0.25, -0.2) is 13.8 Å². The van der Waals surface area contributed by atoms with Crippen LogP contribution >= 0.6 is 0 Å². The number of nitrogens with two attached hydrogens (primary N) is 1. The van der Waals surface area contributed by atoms with Gasteiger partial charge >= 0.3 is 0 Å². The van der Waals surface area contributed by atoms with Crippen LogP contribution in [0.5, 0.6) is 0 Å². The van der Waals surface area contributed by atoms with Gasteiger partial charge in [0.2, 0.25) is 0 Å². The number of halogens is 2. The molecule has 0 amide bonds. The van der Waals surface area contributed by atoms with Gasteiger partial charge < -0.3 is 10.3 Å². The molecule has 1 fully saturated rings. The van der Waals surface area contributed by atoms with Crippen LogP contribution in [0.15, 0.2) is 18.2 Å². The third kappa shape index (κ3) is 2.41. The Morgan fingerprint density at radius 2 is 1.90 bits per heavy atom. The van der Waals surface area contributed by atoms with E-state index in [9.17, 15) is 8.78 Å². The van der Waals surface area contributed by atoms with Gasteiger partial charge in [-0.1, -0.05) is 0 Å². The van der Waals surface area contributed by atoms with Crippen LogP contribution in [0.3, 0.4) is 0 Å². The van der Waals surface area contributed by atoms with Crippen LogP contribution in [0.25, 0.3) is 11.3 Å². The van der Waals surface area contributed by atoms with Crippen molar-refractivity contribution in [2.45, 2.75) is 45.1 Å². The molecule has 112 valence electrons. The summed E-state index contributed by atoms with van der Waals surface area (Å²) in [5, 5.41) is 0. The van der Waals surface area contributed by atoms with Gasteiger partial charge in [0.15, 0.2) is 0 Å². The fourth-order valence-electron chi connectivity index (χ4n) is 2.65. The van der Waals surface area contributed by atoms with Gasteiger partial charge in [-0.15, -0.1) is 0 Å². The molecule has 3 rings (SSSR count). The Hall–Kier alpha value is -1.91. The molecule has 2 aromatic rings. The third-order valence-electron chi connectivity index (χ3n) is 3.74. The van der Waals surface area contributed by atoms with Crippen molar-refractivity contribution in [2.24, 2.45) is 0 Å². The molecular formula is C16H19F2N3. The lowest BCUT2D eigenvalue weighted by Crippen LogP contribution is -2.25. The van der Waals surface area contributed by atoms with Crippen LogP contribution in [-0.2, 0) is 5.54 Å². The SMILES string of the molecule is CC(C)(C)n1c(C2CC2)nc(-c2ccc(F)cc2F)c1N. The van der Waals surface area contributed by atoms with Crippen molar-refractivity contribution in [3.05, 3.63) is 35.7 Å². The number of rotatable bonds is 2. The fourth-order valence-corrected chi connectivity index (χ4v) is 2.65. The van der Waals surface area contributed by atoms with E-state index in [4.69, 9.17) is 5.73 Å².